The number of carbonyl (C=O) groups excluding carboxylic acids is 1. The Morgan fingerprint density at radius 2 is 1.63 bits per heavy atom. The molecule has 0 aliphatic heterocycles. The van der Waals surface area contributed by atoms with E-state index >= 15 is 0 Å². The van der Waals surface area contributed by atoms with Gasteiger partial charge in [-0.1, -0.05) is 0 Å². The molecule has 0 atom stereocenters. The normalized spacial score (nSPS) is 17.3. The minimum Gasteiger partial charge on any atom is -0.475 e. The van der Waals surface area contributed by atoms with Crippen LogP contribution in [0.25, 0.3) is 0 Å². The van der Waals surface area contributed by atoms with E-state index in [9.17, 15) is 18.0 Å². The minimum atomic E-state index is -5.08. The van der Waals surface area contributed by atoms with E-state index in [2.05, 4.69) is 26.7 Å². The number of carbonyl (C=O) groups is 2. The summed E-state index contributed by atoms with van der Waals surface area (Å²) in [6.07, 6.45) is -1.30. The van der Waals surface area contributed by atoms with Crippen molar-refractivity contribution in [3.05, 3.63) is 47.2 Å². The first-order valence-corrected chi connectivity index (χ1v) is 10.8. The van der Waals surface area contributed by atoms with E-state index in [0.29, 0.717) is 23.1 Å². The van der Waals surface area contributed by atoms with Crippen LogP contribution < -0.4 is 15.5 Å². The van der Waals surface area contributed by atoms with Crippen molar-refractivity contribution in [2.75, 3.05) is 24.3 Å². The van der Waals surface area contributed by atoms with Crippen molar-refractivity contribution in [2.45, 2.75) is 50.9 Å². The quantitative estimate of drug-likeness (QED) is 0.578. The Balaban J connectivity index is 0.000000540. The first kappa shape index (κ1) is 27.4. The smallest absolute Gasteiger partial charge is 0.475 e. The summed E-state index contributed by atoms with van der Waals surface area (Å²) < 4.78 is 31.7. The van der Waals surface area contributed by atoms with Gasteiger partial charge in [0.2, 0.25) is 5.95 Å². The SMILES string of the molecule is Cc1cc(NC2CCC(NC(=O)c3ccc(C#N)cc3)CC2)nc(N(C)C)n1.O=C(O)C(F)(F)F. The molecule has 0 bridgehead atoms. The molecule has 2 aromatic rings. The number of carboxylic acid groups (broad SMARTS) is 1. The summed E-state index contributed by atoms with van der Waals surface area (Å²) in [4.78, 5) is 32.2. The fourth-order valence-electron chi connectivity index (χ4n) is 3.38. The zero-order valence-corrected chi connectivity index (χ0v) is 19.6. The number of aromatic nitrogens is 2. The van der Waals surface area contributed by atoms with Crippen LogP contribution in [0.4, 0.5) is 24.9 Å². The highest BCUT2D eigenvalue weighted by Gasteiger charge is 2.38. The van der Waals surface area contributed by atoms with Crippen LogP contribution in [-0.2, 0) is 4.79 Å². The second-order valence-electron chi connectivity index (χ2n) is 8.25. The zero-order chi connectivity index (χ0) is 26.2. The third-order valence-electron chi connectivity index (χ3n) is 5.18. The zero-order valence-electron chi connectivity index (χ0n) is 19.6. The third-order valence-corrected chi connectivity index (χ3v) is 5.18. The molecule has 1 fully saturated rings. The molecule has 1 heterocycles. The second kappa shape index (κ2) is 12.0. The fourth-order valence-corrected chi connectivity index (χ4v) is 3.38. The largest absolute Gasteiger partial charge is 0.490 e. The number of carboxylic acids is 1. The van der Waals surface area contributed by atoms with Crippen LogP contribution in [0.2, 0.25) is 0 Å². The van der Waals surface area contributed by atoms with E-state index in [1.165, 1.54) is 0 Å². The van der Waals surface area contributed by atoms with E-state index in [0.717, 1.165) is 37.2 Å². The molecular formula is C23H27F3N6O3. The molecule has 1 saturated carbocycles. The van der Waals surface area contributed by atoms with Gasteiger partial charge >= 0.3 is 12.1 Å². The van der Waals surface area contributed by atoms with Crippen molar-refractivity contribution in [1.82, 2.24) is 15.3 Å². The molecule has 0 saturated heterocycles. The molecule has 1 aromatic heterocycles. The van der Waals surface area contributed by atoms with Gasteiger partial charge in [0.15, 0.2) is 0 Å². The minimum absolute atomic E-state index is 0.0806. The van der Waals surface area contributed by atoms with Crippen LogP contribution in [0.3, 0.4) is 0 Å². The Labute approximate surface area is 201 Å². The molecule has 1 aliphatic carbocycles. The molecule has 188 valence electrons. The number of hydrogen-bond acceptors (Lipinski definition) is 7. The summed E-state index contributed by atoms with van der Waals surface area (Å²) in [5.74, 6) is -1.29. The highest BCUT2D eigenvalue weighted by atomic mass is 19.4. The van der Waals surface area contributed by atoms with Crippen LogP contribution in [0.5, 0.6) is 0 Å². The molecule has 12 heteroatoms. The molecule has 35 heavy (non-hydrogen) atoms. The Hall–Kier alpha value is -3.88. The molecule has 1 amide bonds. The predicted octanol–water partition coefficient (Wildman–Crippen LogP) is 3.51. The average molecular weight is 493 g/mol. The topological polar surface area (TPSA) is 131 Å². The molecule has 0 spiro atoms. The molecule has 3 rings (SSSR count). The summed E-state index contributed by atoms with van der Waals surface area (Å²) in [6, 6.07) is 11.3. The number of alkyl halides is 3. The highest BCUT2D eigenvalue weighted by Crippen LogP contribution is 2.23. The number of nitriles is 1. The molecule has 0 radical (unpaired) electrons. The van der Waals surface area contributed by atoms with Gasteiger partial charge in [-0.2, -0.15) is 23.4 Å². The summed E-state index contributed by atoms with van der Waals surface area (Å²) in [7, 11) is 3.86. The van der Waals surface area contributed by atoms with Crippen molar-refractivity contribution in [3.8, 4) is 6.07 Å². The number of rotatable bonds is 5. The summed E-state index contributed by atoms with van der Waals surface area (Å²) in [5, 5.41) is 22.6. The first-order valence-electron chi connectivity index (χ1n) is 10.8. The van der Waals surface area contributed by atoms with Gasteiger partial charge in [0, 0.05) is 43.5 Å². The van der Waals surface area contributed by atoms with Crippen molar-refractivity contribution >= 4 is 23.6 Å². The van der Waals surface area contributed by atoms with Gasteiger partial charge in [-0.3, -0.25) is 4.79 Å². The lowest BCUT2D eigenvalue weighted by atomic mass is 9.91. The maximum absolute atomic E-state index is 12.4. The van der Waals surface area contributed by atoms with Gasteiger partial charge in [-0.25, -0.2) is 9.78 Å². The molecule has 3 N–H and O–H groups in total. The predicted molar refractivity (Wildman–Crippen MR) is 123 cm³/mol. The van der Waals surface area contributed by atoms with E-state index in [1.54, 1.807) is 24.3 Å². The summed E-state index contributed by atoms with van der Waals surface area (Å²) >= 11 is 0. The van der Waals surface area contributed by atoms with Crippen molar-refractivity contribution in [3.63, 3.8) is 0 Å². The lowest BCUT2D eigenvalue weighted by Gasteiger charge is -2.30. The maximum atomic E-state index is 12.4. The Bertz CT molecular complexity index is 1060. The van der Waals surface area contributed by atoms with Crippen molar-refractivity contribution in [1.29, 1.82) is 5.26 Å². The van der Waals surface area contributed by atoms with Gasteiger partial charge < -0.3 is 20.6 Å². The molecular weight excluding hydrogens is 465 g/mol. The maximum Gasteiger partial charge on any atom is 0.490 e. The van der Waals surface area contributed by atoms with Gasteiger partial charge in [0.25, 0.3) is 5.91 Å². The number of hydrogen-bond donors (Lipinski definition) is 3. The lowest BCUT2D eigenvalue weighted by Crippen LogP contribution is -2.40. The standard InChI is InChI=1S/C21H26N6O.C2HF3O2/c1-14-12-19(26-21(23-14)27(2)3)24-17-8-10-18(11-9-17)25-20(28)16-6-4-15(13-22)5-7-16;3-2(4,5)1(6)7/h4-7,12,17-18H,8-11H2,1-3H3,(H,25,28)(H,23,24,26);(H,6,7). The second-order valence-corrected chi connectivity index (χ2v) is 8.25. The molecule has 1 aliphatic rings. The summed E-state index contributed by atoms with van der Waals surface area (Å²) in [6.45, 7) is 1.97. The van der Waals surface area contributed by atoms with Crippen LogP contribution in [0, 0.1) is 18.3 Å². The number of anilines is 2. The molecule has 0 unspecified atom stereocenters. The fraction of sp³-hybridized carbons (Fsp3) is 0.435. The van der Waals surface area contributed by atoms with Crippen LogP contribution in [-0.4, -0.2) is 59.3 Å². The van der Waals surface area contributed by atoms with Gasteiger partial charge in [-0.15, -0.1) is 0 Å². The van der Waals surface area contributed by atoms with Crippen molar-refractivity contribution in [2.24, 2.45) is 0 Å². The molecule has 9 nitrogen and oxygen atoms in total. The van der Waals surface area contributed by atoms with E-state index in [4.69, 9.17) is 15.2 Å². The van der Waals surface area contributed by atoms with Gasteiger partial charge in [-0.05, 0) is 56.9 Å². The highest BCUT2D eigenvalue weighted by molar-refractivity contribution is 5.94. The Morgan fingerprint density at radius 3 is 2.11 bits per heavy atom. The monoisotopic (exact) mass is 492 g/mol. The van der Waals surface area contributed by atoms with Gasteiger partial charge in [0.1, 0.15) is 5.82 Å². The van der Waals surface area contributed by atoms with Crippen LogP contribution in [0.1, 0.15) is 47.3 Å². The number of nitrogens with one attached hydrogen (secondary N) is 2. The third kappa shape index (κ3) is 8.77. The summed E-state index contributed by atoms with van der Waals surface area (Å²) in [5.41, 5.74) is 2.08. The number of aryl methyl sites for hydroxylation is 1. The van der Waals surface area contributed by atoms with Crippen molar-refractivity contribution < 1.29 is 27.9 Å². The Morgan fingerprint density at radius 1 is 1.09 bits per heavy atom. The lowest BCUT2D eigenvalue weighted by molar-refractivity contribution is -0.192. The Kier molecular flexibility index (Phi) is 9.39. The molecule has 1 aromatic carbocycles. The van der Waals surface area contributed by atoms with E-state index in [1.807, 2.05) is 32.0 Å². The van der Waals surface area contributed by atoms with Crippen LogP contribution >= 0.6 is 0 Å². The van der Waals surface area contributed by atoms with E-state index < -0.39 is 12.1 Å². The van der Waals surface area contributed by atoms with E-state index in [-0.39, 0.29) is 11.9 Å². The number of benzene rings is 1. The average Bonchev–Trinajstić information content (AvgIpc) is 2.79. The van der Waals surface area contributed by atoms with Gasteiger partial charge in [0.05, 0.1) is 11.6 Å². The number of amides is 1. The first-order chi connectivity index (χ1) is 16.4. The number of halogens is 3. The van der Waals surface area contributed by atoms with Crippen LogP contribution in [0.15, 0.2) is 30.3 Å². The number of nitrogens with zero attached hydrogens (tertiary/aromatic N) is 4. The number of aliphatic carboxylic acids is 1.